The van der Waals surface area contributed by atoms with Crippen LogP contribution >= 0.6 is 0 Å². The van der Waals surface area contributed by atoms with Crippen molar-refractivity contribution in [2.45, 2.75) is 6.92 Å². The van der Waals surface area contributed by atoms with Crippen molar-refractivity contribution < 1.29 is 29.3 Å². The smallest absolute Gasteiger partial charge is 0.275 e. The zero-order valence-electron chi connectivity index (χ0n) is 14.2. The summed E-state index contributed by atoms with van der Waals surface area (Å²) >= 11 is 0. The van der Waals surface area contributed by atoms with Gasteiger partial charge in [-0.05, 0) is 37.3 Å². The number of rotatable bonds is 7. The van der Waals surface area contributed by atoms with Crippen LogP contribution in [0.1, 0.15) is 22.8 Å². The second-order valence-electron chi connectivity index (χ2n) is 5.18. The molecule has 0 saturated heterocycles. The minimum Gasteiger partial charge on any atom is -0.546 e. The average Bonchev–Trinajstić information content (AvgIpc) is 2.64. The molecule has 0 atom stereocenters. The van der Waals surface area contributed by atoms with Gasteiger partial charge in [0.25, 0.3) is 5.91 Å². The SMILES string of the molecule is COc1cc(/C(C)=N\NC(=O)c2ccccc2O)ccc1OCC(=O)[O-]. The van der Waals surface area contributed by atoms with Crippen molar-refractivity contribution >= 4 is 17.6 Å². The van der Waals surface area contributed by atoms with Crippen molar-refractivity contribution in [2.24, 2.45) is 5.10 Å². The molecule has 136 valence electrons. The van der Waals surface area contributed by atoms with Gasteiger partial charge >= 0.3 is 0 Å². The standard InChI is InChI=1S/C18H18N2O6/c1-11(19-20-18(24)13-5-3-4-6-14(13)21)12-7-8-15(16(9-12)25-2)26-10-17(22)23/h3-9,21H,10H2,1-2H3,(H,20,24)(H,22,23)/p-1/b19-11-. The first-order valence-electron chi connectivity index (χ1n) is 7.56. The Balaban J connectivity index is 2.14. The molecule has 0 aliphatic rings. The third-order valence-corrected chi connectivity index (χ3v) is 3.40. The van der Waals surface area contributed by atoms with Crippen LogP contribution in [0.4, 0.5) is 0 Å². The highest BCUT2D eigenvalue weighted by atomic mass is 16.5. The number of para-hydroxylation sites is 1. The molecular formula is C18H17N2O6-. The number of hydrogen-bond acceptors (Lipinski definition) is 7. The number of phenolic OH excluding ortho intramolecular Hbond substituents is 1. The Morgan fingerprint density at radius 3 is 2.58 bits per heavy atom. The molecule has 0 aliphatic heterocycles. The highest BCUT2D eigenvalue weighted by Gasteiger charge is 2.11. The summed E-state index contributed by atoms with van der Waals surface area (Å²) in [5, 5.41) is 24.1. The van der Waals surface area contributed by atoms with Crippen molar-refractivity contribution in [1.29, 1.82) is 0 Å². The molecule has 1 amide bonds. The van der Waals surface area contributed by atoms with Gasteiger partial charge in [-0.3, -0.25) is 4.79 Å². The molecule has 2 rings (SSSR count). The fourth-order valence-corrected chi connectivity index (χ4v) is 2.07. The van der Waals surface area contributed by atoms with E-state index in [4.69, 9.17) is 9.47 Å². The lowest BCUT2D eigenvalue weighted by Crippen LogP contribution is -2.29. The largest absolute Gasteiger partial charge is 0.546 e. The van der Waals surface area contributed by atoms with Crippen molar-refractivity contribution in [2.75, 3.05) is 13.7 Å². The van der Waals surface area contributed by atoms with Gasteiger partial charge in [0.2, 0.25) is 0 Å². The number of nitrogens with zero attached hydrogens (tertiary/aromatic N) is 1. The van der Waals surface area contributed by atoms with Crippen LogP contribution in [0.15, 0.2) is 47.6 Å². The second kappa shape index (κ2) is 8.52. The number of methoxy groups -OCH3 is 1. The molecule has 0 heterocycles. The van der Waals surface area contributed by atoms with Crippen LogP contribution in [-0.2, 0) is 4.79 Å². The molecule has 0 bridgehead atoms. The highest BCUT2D eigenvalue weighted by molar-refractivity contribution is 6.01. The van der Waals surface area contributed by atoms with Gasteiger partial charge in [0.15, 0.2) is 11.5 Å². The third kappa shape index (κ3) is 4.73. The lowest BCUT2D eigenvalue weighted by Gasteiger charge is -2.12. The number of aliphatic carboxylic acids is 1. The Hall–Kier alpha value is -3.55. The molecule has 8 nitrogen and oxygen atoms in total. The summed E-state index contributed by atoms with van der Waals surface area (Å²) in [7, 11) is 1.41. The molecule has 0 aromatic heterocycles. The van der Waals surface area contributed by atoms with Gasteiger partial charge in [-0.25, -0.2) is 5.43 Å². The van der Waals surface area contributed by atoms with Crippen LogP contribution in [0, 0.1) is 0 Å². The molecule has 26 heavy (non-hydrogen) atoms. The molecule has 8 heteroatoms. The summed E-state index contributed by atoms with van der Waals surface area (Å²) in [6.07, 6.45) is 0. The van der Waals surface area contributed by atoms with Gasteiger partial charge in [0, 0.05) is 5.56 Å². The maximum atomic E-state index is 12.0. The van der Waals surface area contributed by atoms with Crippen molar-refractivity contribution in [3.8, 4) is 17.2 Å². The van der Waals surface area contributed by atoms with Crippen molar-refractivity contribution in [1.82, 2.24) is 5.43 Å². The number of carboxylic acids is 1. The summed E-state index contributed by atoms with van der Waals surface area (Å²) in [6, 6.07) is 10.9. The van der Waals surface area contributed by atoms with Crippen molar-refractivity contribution in [3.63, 3.8) is 0 Å². The first-order valence-corrected chi connectivity index (χ1v) is 7.56. The van der Waals surface area contributed by atoms with Crippen molar-refractivity contribution in [3.05, 3.63) is 53.6 Å². The predicted molar refractivity (Wildman–Crippen MR) is 91.3 cm³/mol. The predicted octanol–water partition coefficient (Wildman–Crippen LogP) is 0.683. The number of phenols is 1. The number of hydrogen-bond donors (Lipinski definition) is 2. The van der Waals surface area contributed by atoms with Gasteiger partial charge in [-0.15, -0.1) is 0 Å². The van der Waals surface area contributed by atoms with E-state index in [0.29, 0.717) is 17.0 Å². The average molecular weight is 357 g/mol. The summed E-state index contributed by atoms with van der Waals surface area (Å²) in [6.45, 7) is 1.07. The van der Waals surface area contributed by atoms with E-state index in [-0.39, 0.29) is 17.1 Å². The molecule has 0 aliphatic carbocycles. The minimum atomic E-state index is -1.35. The molecule has 0 unspecified atom stereocenters. The quantitative estimate of drug-likeness (QED) is 0.555. The number of carboxylic acid groups (broad SMARTS) is 1. The van der Waals surface area contributed by atoms with Crippen LogP contribution < -0.4 is 20.0 Å². The molecule has 2 aromatic carbocycles. The third-order valence-electron chi connectivity index (χ3n) is 3.40. The Kier molecular flexibility index (Phi) is 6.15. The van der Waals surface area contributed by atoms with Crippen LogP contribution in [0.25, 0.3) is 0 Å². The van der Waals surface area contributed by atoms with E-state index in [0.717, 1.165) is 0 Å². The first kappa shape index (κ1) is 18.8. The highest BCUT2D eigenvalue weighted by Crippen LogP contribution is 2.28. The number of nitrogens with one attached hydrogen (secondary N) is 1. The van der Waals surface area contributed by atoms with E-state index in [9.17, 15) is 19.8 Å². The van der Waals surface area contributed by atoms with Crippen LogP contribution in [-0.4, -0.2) is 36.4 Å². The summed E-state index contributed by atoms with van der Waals surface area (Å²) < 4.78 is 10.2. The van der Waals surface area contributed by atoms with E-state index in [2.05, 4.69) is 10.5 Å². The van der Waals surface area contributed by atoms with Crippen LogP contribution in [0.5, 0.6) is 17.2 Å². The van der Waals surface area contributed by atoms with Gasteiger partial charge in [0.1, 0.15) is 12.4 Å². The Morgan fingerprint density at radius 2 is 1.92 bits per heavy atom. The molecule has 2 aromatic rings. The van der Waals surface area contributed by atoms with Crippen LogP contribution in [0.3, 0.4) is 0 Å². The number of aromatic hydroxyl groups is 1. The van der Waals surface area contributed by atoms with Gasteiger partial charge < -0.3 is 24.5 Å². The molecular weight excluding hydrogens is 340 g/mol. The second-order valence-corrected chi connectivity index (χ2v) is 5.18. The zero-order valence-corrected chi connectivity index (χ0v) is 14.2. The maximum Gasteiger partial charge on any atom is 0.275 e. The molecule has 0 spiro atoms. The van der Waals surface area contributed by atoms with E-state index in [1.807, 2.05) is 0 Å². The number of carbonyl (C=O) groups excluding carboxylic acids is 2. The zero-order chi connectivity index (χ0) is 19.1. The Morgan fingerprint density at radius 1 is 1.19 bits per heavy atom. The Labute approximate surface area is 149 Å². The summed E-state index contributed by atoms with van der Waals surface area (Å²) in [5.41, 5.74) is 3.56. The van der Waals surface area contributed by atoms with Gasteiger partial charge in [-0.2, -0.15) is 5.10 Å². The number of ether oxygens (including phenoxy) is 2. The van der Waals surface area contributed by atoms with Gasteiger partial charge in [-0.1, -0.05) is 12.1 Å². The number of carbonyl (C=O) groups is 2. The molecule has 0 saturated carbocycles. The molecule has 0 fully saturated rings. The monoisotopic (exact) mass is 357 g/mol. The molecule has 0 radical (unpaired) electrons. The van der Waals surface area contributed by atoms with E-state index < -0.39 is 18.5 Å². The topological polar surface area (TPSA) is 120 Å². The fourth-order valence-electron chi connectivity index (χ4n) is 2.07. The molecule has 2 N–H and O–H groups in total. The summed E-state index contributed by atoms with van der Waals surface area (Å²) in [4.78, 5) is 22.5. The lowest BCUT2D eigenvalue weighted by molar-refractivity contribution is -0.307. The number of hydrazone groups is 1. The van der Waals surface area contributed by atoms with Crippen LogP contribution in [0.2, 0.25) is 0 Å². The van der Waals surface area contributed by atoms with Gasteiger partial charge in [0.05, 0.1) is 24.4 Å². The summed E-state index contributed by atoms with van der Waals surface area (Å²) in [5.74, 6) is -1.49. The fraction of sp³-hybridized carbons (Fsp3) is 0.167. The Bertz CT molecular complexity index is 847. The number of benzene rings is 2. The minimum absolute atomic E-state index is 0.104. The van der Waals surface area contributed by atoms with E-state index in [1.54, 1.807) is 31.2 Å². The van der Waals surface area contributed by atoms with E-state index in [1.165, 1.54) is 25.3 Å². The van der Waals surface area contributed by atoms with E-state index >= 15 is 0 Å². The maximum absolute atomic E-state index is 12.0. The number of amides is 1. The lowest BCUT2D eigenvalue weighted by atomic mass is 10.1. The first-order chi connectivity index (χ1) is 12.4. The normalized spacial score (nSPS) is 10.9.